The van der Waals surface area contributed by atoms with Gasteiger partial charge in [0.25, 0.3) is 0 Å². The highest BCUT2D eigenvalue weighted by Crippen LogP contribution is 2.27. The molecule has 2 atom stereocenters. The number of ether oxygens (including phenoxy) is 1. The van der Waals surface area contributed by atoms with Crippen molar-refractivity contribution in [3.8, 4) is 0 Å². The monoisotopic (exact) mass is 269 g/mol. The van der Waals surface area contributed by atoms with Gasteiger partial charge in [-0.3, -0.25) is 0 Å². The molecule has 3 heteroatoms. The highest BCUT2D eigenvalue weighted by Gasteiger charge is 2.16. The van der Waals surface area contributed by atoms with E-state index in [-0.39, 0.29) is 6.10 Å². The number of thiophene rings is 1. The van der Waals surface area contributed by atoms with Crippen molar-refractivity contribution in [1.29, 1.82) is 0 Å². The number of nitrogens with two attached hydrogens (primary N) is 1. The normalized spacial score (nSPS) is 14.7. The van der Waals surface area contributed by atoms with E-state index in [0.717, 1.165) is 6.61 Å². The van der Waals surface area contributed by atoms with Gasteiger partial charge in [0, 0.05) is 11.4 Å². The van der Waals surface area contributed by atoms with Crippen LogP contribution in [0.3, 0.4) is 0 Å². The summed E-state index contributed by atoms with van der Waals surface area (Å²) in [6, 6.07) is 2.14. The molecule has 2 nitrogen and oxygen atoms in total. The first-order chi connectivity index (χ1) is 8.72. The molecule has 0 amide bonds. The van der Waals surface area contributed by atoms with Gasteiger partial charge in [0.15, 0.2) is 0 Å². The standard InChI is InChI=1S/C15H27NOS/c1-4-6-7-13(5-2)11-17-14(10-16)15-12(3)8-9-18-15/h8-9,13-14H,4-7,10-11,16H2,1-3H3. The molecule has 0 radical (unpaired) electrons. The second kappa shape index (κ2) is 8.68. The van der Waals surface area contributed by atoms with Crippen LogP contribution in [-0.4, -0.2) is 13.2 Å². The average molecular weight is 269 g/mol. The summed E-state index contributed by atoms with van der Waals surface area (Å²) in [5.74, 6) is 0.680. The van der Waals surface area contributed by atoms with Gasteiger partial charge in [0.1, 0.15) is 6.10 Å². The first kappa shape index (κ1) is 15.7. The Balaban J connectivity index is 2.46. The third-order valence-corrected chi connectivity index (χ3v) is 4.60. The highest BCUT2D eigenvalue weighted by molar-refractivity contribution is 7.10. The highest BCUT2D eigenvalue weighted by atomic mass is 32.1. The molecule has 104 valence electrons. The van der Waals surface area contributed by atoms with Gasteiger partial charge in [-0.15, -0.1) is 11.3 Å². The zero-order chi connectivity index (χ0) is 13.4. The second-order valence-electron chi connectivity index (χ2n) is 4.94. The van der Waals surface area contributed by atoms with Gasteiger partial charge < -0.3 is 10.5 Å². The summed E-state index contributed by atoms with van der Waals surface area (Å²) in [6.45, 7) is 8.04. The van der Waals surface area contributed by atoms with E-state index in [0.29, 0.717) is 12.5 Å². The van der Waals surface area contributed by atoms with E-state index < -0.39 is 0 Å². The predicted molar refractivity (Wildman–Crippen MR) is 80.1 cm³/mol. The number of hydrogen-bond acceptors (Lipinski definition) is 3. The molecule has 1 aromatic rings. The van der Waals surface area contributed by atoms with E-state index in [1.807, 2.05) is 0 Å². The molecule has 2 unspecified atom stereocenters. The zero-order valence-corrected chi connectivity index (χ0v) is 12.8. The zero-order valence-electron chi connectivity index (χ0n) is 11.9. The summed E-state index contributed by atoms with van der Waals surface area (Å²) < 4.78 is 6.05. The molecule has 0 aliphatic heterocycles. The van der Waals surface area contributed by atoms with Crippen LogP contribution in [0.25, 0.3) is 0 Å². The molecule has 0 bridgehead atoms. The molecule has 0 spiro atoms. The molecule has 1 rings (SSSR count). The Labute approximate surface area is 116 Å². The fourth-order valence-electron chi connectivity index (χ4n) is 2.12. The van der Waals surface area contributed by atoms with E-state index in [1.54, 1.807) is 11.3 Å². The van der Waals surface area contributed by atoms with Gasteiger partial charge in [-0.2, -0.15) is 0 Å². The Kier molecular flexibility index (Phi) is 7.56. The van der Waals surface area contributed by atoms with Gasteiger partial charge in [-0.05, 0) is 36.3 Å². The molecule has 0 saturated carbocycles. The maximum absolute atomic E-state index is 6.05. The summed E-state index contributed by atoms with van der Waals surface area (Å²) in [5, 5.41) is 2.12. The lowest BCUT2D eigenvalue weighted by Gasteiger charge is -2.20. The Morgan fingerprint density at radius 2 is 2.17 bits per heavy atom. The third-order valence-electron chi connectivity index (χ3n) is 3.48. The Bertz CT molecular complexity index is 324. The molecule has 0 aliphatic carbocycles. The van der Waals surface area contributed by atoms with Crippen LogP contribution in [0.15, 0.2) is 11.4 Å². The van der Waals surface area contributed by atoms with Crippen molar-refractivity contribution >= 4 is 11.3 Å². The van der Waals surface area contributed by atoms with Crippen molar-refractivity contribution < 1.29 is 4.74 Å². The Morgan fingerprint density at radius 1 is 1.39 bits per heavy atom. The van der Waals surface area contributed by atoms with E-state index in [9.17, 15) is 0 Å². The number of rotatable bonds is 9. The maximum atomic E-state index is 6.05. The van der Waals surface area contributed by atoms with Crippen LogP contribution in [0.1, 0.15) is 56.1 Å². The SMILES string of the molecule is CCCCC(CC)COC(CN)c1sccc1C. The van der Waals surface area contributed by atoms with Crippen molar-refractivity contribution in [1.82, 2.24) is 0 Å². The van der Waals surface area contributed by atoms with Crippen LogP contribution in [0, 0.1) is 12.8 Å². The van der Waals surface area contributed by atoms with Gasteiger partial charge in [0.2, 0.25) is 0 Å². The molecule has 0 fully saturated rings. The van der Waals surface area contributed by atoms with E-state index >= 15 is 0 Å². The summed E-state index contributed by atoms with van der Waals surface area (Å²) >= 11 is 1.75. The van der Waals surface area contributed by atoms with Gasteiger partial charge in [-0.1, -0.05) is 33.1 Å². The van der Waals surface area contributed by atoms with Gasteiger partial charge in [0.05, 0.1) is 6.61 Å². The molecular weight excluding hydrogens is 242 g/mol. The van der Waals surface area contributed by atoms with Crippen LogP contribution in [0.5, 0.6) is 0 Å². The molecule has 1 heterocycles. The van der Waals surface area contributed by atoms with Gasteiger partial charge in [-0.25, -0.2) is 0 Å². The first-order valence-electron chi connectivity index (χ1n) is 7.08. The van der Waals surface area contributed by atoms with E-state index in [1.165, 1.54) is 36.1 Å². The van der Waals surface area contributed by atoms with Crippen molar-refractivity contribution in [2.45, 2.75) is 52.6 Å². The Morgan fingerprint density at radius 3 is 2.67 bits per heavy atom. The lowest BCUT2D eigenvalue weighted by Crippen LogP contribution is -2.19. The summed E-state index contributed by atoms with van der Waals surface area (Å²) in [6.07, 6.45) is 5.11. The predicted octanol–water partition coefficient (Wildman–Crippen LogP) is 4.29. The fraction of sp³-hybridized carbons (Fsp3) is 0.733. The van der Waals surface area contributed by atoms with Crippen molar-refractivity contribution in [2.24, 2.45) is 11.7 Å². The second-order valence-corrected chi connectivity index (χ2v) is 5.89. The van der Waals surface area contributed by atoms with Crippen molar-refractivity contribution in [2.75, 3.05) is 13.2 Å². The quantitative estimate of drug-likeness (QED) is 0.726. The minimum absolute atomic E-state index is 0.0840. The van der Waals surface area contributed by atoms with Gasteiger partial charge >= 0.3 is 0 Å². The van der Waals surface area contributed by atoms with Crippen LogP contribution >= 0.6 is 11.3 Å². The topological polar surface area (TPSA) is 35.2 Å². The number of aryl methyl sites for hydroxylation is 1. The molecular formula is C15H27NOS. The minimum atomic E-state index is 0.0840. The van der Waals surface area contributed by atoms with Crippen LogP contribution in [0.4, 0.5) is 0 Å². The molecule has 0 aromatic carbocycles. The third kappa shape index (κ3) is 4.71. The molecule has 2 N–H and O–H groups in total. The van der Waals surface area contributed by atoms with E-state index in [4.69, 9.17) is 10.5 Å². The maximum Gasteiger partial charge on any atom is 0.104 e. The molecule has 1 aromatic heterocycles. The minimum Gasteiger partial charge on any atom is -0.371 e. The van der Waals surface area contributed by atoms with Crippen LogP contribution < -0.4 is 5.73 Å². The fourth-order valence-corrected chi connectivity index (χ4v) is 3.10. The molecule has 0 aliphatic rings. The van der Waals surface area contributed by atoms with E-state index in [2.05, 4.69) is 32.2 Å². The van der Waals surface area contributed by atoms with Crippen molar-refractivity contribution in [3.05, 3.63) is 21.9 Å². The van der Waals surface area contributed by atoms with Crippen molar-refractivity contribution in [3.63, 3.8) is 0 Å². The number of unbranched alkanes of at least 4 members (excludes halogenated alkanes) is 1. The Hall–Kier alpha value is -0.380. The average Bonchev–Trinajstić information content (AvgIpc) is 2.80. The lowest BCUT2D eigenvalue weighted by atomic mass is 10.0. The molecule has 18 heavy (non-hydrogen) atoms. The summed E-state index contributed by atoms with van der Waals surface area (Å²) in [5.41, 5.74) is 7.15. The van der Waals surface area contributed by atoms with Crippen LogP contribution in [0.2, 0.25) is 0 Å². The summed E-state index contributed by atoms with van der Waals surface area (Å²) in [4.78, 5) is 1.29. The van der Waals surface area contributed by atoms with Crippen LogP contribution in [-0.2, 0) is 4.74 Å². The molecule has 0 saturated heterocycles. The first-order valence-corrected chi connectivity index (χ1v) is 7.96. The number of hydrogen-bond donors (Lipinski definition) is 1. The summed E-state index contributed by atoms with van der Waals surface area (Å²) in [7, 11) is 0. The largest absolute Gasteiger partial charge is 0.371 e. The smallest absolute Gasteiger partial charge is 0.104 e. The lowest BCUT2D eigenvalue weighted by molar-refractivity contribution is 0.0316.